The predicted molar refractivity (Wildman–Crippen MR) is 161 cm³/mol. The Kier molecular flexibility index (Phi) is 8.16. The summed E-state index contributed by atoms with van der Waals surface area (Å²) < 4.78 is 25.4. The number of fused-ring (bicyclic) bond motifs is 3. The van der Waals surface area contributed by atoms with Crippen molar-refractivity contribution < 1.29 is 23.2 Å². The van der Waals surface area contributed by atoms with Crippen LogP contribution in [0.25, 0.3) is 11.1 Å². The highest BCUT2D eigenvalue weighted by molar-refractivity contribution is 5.91. The van der Waals surface area contributed by atoms with Crippen LogP contribution in [0.2, 0.25) is 0 Å². The molecule has 3 aromatic heterocycles. The van der Waals surface area contributed by atoms with E-state index in [1.807, 2.05) is 68.8 Å². The van der Waals surface area contributed by atoms with Crippen LogP contribution in [0.4, 0.5) is 0 Å². The second kappa shape index (κ2) is 12.3. The maximum atomic E-state index is 13.7. The van der Waals surface area contributed by atoms with Crippen molar-refractivity contribution in [2.24, 2.45) is 0 Å². The molecule has 2 bridgehead atoms. The maximum Gasteiger partial charge on any atom is 0.289 e. The lowest BCUT2D eigenvalue weighted by Crippen LogP contribution is -2.33. The van der Waals surface area contributed by atoms with E-state index in [1.165, 1.54) is 0 Å². The zero-order valence-electron chi connectivity index (χ0n) is 25.1. The number of ether oxygens (including phenoxy) is 2. The molecule has 5 aromatic rings. The van der Waals surface area contributed by atoms with Gasteiger partial charge in [-0.2, -0.15) is 5.10 Å². The van der Waals surface area contributed by atoms with E-state index in [1.54, 1.807) is 11.0 Å². The molecule has 0 aliphatic carbocycles. The molecule has 1 aliphatic heterocycles. The molecule has 0 saturated carbocycles. The fourth-order valence-electron chi connectivity index (χ4n) is 5.64. The molecular weight excluding hydrogens is 544 g/mol. The van der Waals surface area contributed by atoms with Gasteiger partial charge >= 0.3 is 0 Å². The third-order valence-electron chi connectivity index (χ3n) is 7.70. The minimum atomic E-state index is -0.175. The van der Waals surface area contributed by atoms with E-state index in [-0.39, 0.29) is 5.91 Å². The minimum absolute atomic E-state index is 0.175. The quantitative estimate of drug-likeness (QED) is 0.255. The third-order valence-corrected chi connectivity index (χ3v) is 7.70. The number of carbonyl (C=O) groups excluding carboxylic acids is 1. The molecule has 0 radical (unpaired) electrons. The molecule has 4 heterocycles. The van der Waals surface area contributed by atoms with Crippen LogP contribution in [0.1, 0.15) is 55.8 Å². The molecule has 0 fully saturated rings. The topological polar surface area (TPSA) is 95.8 Å². The van der Waals surface area contributed by atoms with Gasteiger partial charge in [0.05, 0.1) is 31.1 Å². The Morgan fingerprint density at radius 2 is 1.79 bits per heavy atom. The minimum Gasteiger partial charge on any atom is -0.491 e. The first-order chi connectivity index (χ1) is 20.8. The van der Waals surface area contributed by atoms with E-state index >= 15 is 0 Å². The first-order valence-corrected chi connectivity index (χ1v) is 14.6. The highest BCUT2D eigenvalue weighted by Crippen LogP contribution is 2.32. The van der Waals surface area contributed by atoms with Crippen molar-refractivity contribution in [2.75, 3.05) is 26.4 Å². The van der Waals surface area contributed by atoms with Gasteiger partial charge in [0.2, 0.25) is 0 Å². The van der Waals surface area contributed by atoms with E-state index in [9.17, 15) is 4.79 Å². The van der Waals surface area contributed by atoms with Crippen LogP contribution in [0.3, 0.4) is 0 Å². The Morgan fingerprint density at radius 3 is 2.58 bits per heavy atom. The number of amides is 1. The largest absolute Gasteiger partial charge is 0.491 e. The van der Waals surface area contributed by atoms with Gasteiger partial charge in [-0.25, -0.2) is 0 Å². The Hall–Kier alpha value is -4.63. The van der Waals surface area contributed by atoms with Gasteiger partial charge in [-0.1, -0.05) is 35.5 Å². The molecule has 6 rings (SSSR count). The molecule has 0 spiro atoms. The van der Waals surface area contributed by atoms with Gasteiger partial charge in [-0.3, -0.25) is 9.48 Å². The molecule has 2 aromatic carbocycles. The summed E-state index contributed by atoms with van der Waals surface area (Å²) in [5.41, 5.74) is 8.11. The SMILES string of the molecule is Cc1cc(C)n(Cc2ccc(C(=O)N3CCOCCOc4ccc(-c5c(C)noc5C)cc4Cc4cccc(c4)C3)o2)n1. The summed E-state index contributed by atoms with van der Waals surface area (Å²) in [5.74, 6) is 2.42. The molecule has 1 amide bonds. The standard InChI is InChI=1S/C34H36N4O5/c1-22-16-23(2)38(35-22)21-30-9-11-32(42-30)34(39)37-12-13-40-14-15-41-31-10-8-28(33-24(3)36-43-25(33)4)19-29(31)18-26-6-5-7-27(17-26)20-37/h5-11,16-17,19H,12-15,18,20-21H2,1-4H3. The molecule has 9 heteroatoms. The first-order valence-electron chi connectivity index (χ1n) is 14.6. The second-order valence-corrected chi connectivity index (χ2v) is 11.1. The van der Waals surface area contributed by atoms with Crippen molar-refractivity contribution in [1.29, 1.82) is 0 Å². The van der Waals surface area contributed by atoms with Crippen molar-refractivity contribution in [3.05, 3.63) is 112 Å². The van der Waals surface area contributed by atoms with Gasteiger partial charge in [0.25, 0.3) is 5.91 Å². The molecule has 43 heavy (non-hydrogen) atoms. The van der Waals surface area contributed by atoms with Gasteiger partial charge < -0.3 is 23.3 Å². The summed E-state index contributed by atoms with van der Waals surface area (Å²) in [7, 11) is 0. The number of furan rings is 1. The van der Waals surface area contributed by atoms with Crippen LogP contribution in [0.5, 0.6) is 5.75 Å². The van der Waals surface area contributed by atoms with Gasteiger partial charge in [-0.15, -0.1) is 0 Å². The Morgan fingerprint density at radius 1 is 0.930 bits per heavy atom. The summed E-state index contributed by atoms with van der Waals surface area (Å²) in [6.45, 7) is 10.4. The molecule has 222 valence electrons. The molecule has 0 N–H and O–H groups in total. The van der Waals surface area contributed by atoms with Gasteiger partial charge in [0, 0.05) is 30.8 Å². The highest BCUT2D eigenvalue weighted by Gasteiger charge is 2.21. The number of benzene rings is 2. The molecule has 9 nitrogen and oxygen atoms in total. The monoisotopic (exact) mass is 580 g/mol. The van der Waals surface area contributed by atoms with Crippen molar-refractivity contribution in [3.63, 3.8) is 0 Å². The fourth-order valence-corrected chi connectivity index (χ4v) is 5.64. The zero-order valence-corrected chi connectivity index (χ0v) is 25.1. The van der Waals surface area contributed by atoms with Crippen molar-refractivity contribution in [3.8, 4) is 16.9 Å². The van der Waals surface area contributed by atoms with Crippen LogP contribution in [0.15, 0.2) is 69.6 Å². The lowest BCUT2D eigenvalue weighted by Gasteiger charge is -2.23. The summed E-state index contributed by atoms with van der Waals surface area (Å²) >= 11 is 0. The summed E-state index contributed by atoms with van der Waals surface area (Å²) in [6.07, 6.45) is 0.670. The lowest BCUT2D eigenvalue weighted by atomic mass is 9.96. The Bertz CT molecular complexity index is 1730. The molecule has 0 atom stereocenters. The van der Waals surface area contributed by atoms with Gasteiger partial charge in [0.1, 0.15) is 23.9 Å². The predicted octanol–water partition coefficient (Wildman–Crippen LogP) is 6.06. The van der Waals surface area contributed by atoms with Gasteiger partial charge in [-0.05, 0) is 80.3 Å². The van der Waals surface area contributed by atoms with Crippen molar-refractivity contribution in [1.82, 2.24) is 19.8 Å². The number of carbonyl (C=O) groups is 1. The normalized spacial score (nSPS) is 14.2. The summed E-state index contributed by atoms with van der Waals surface area (Å²) in [6, 6.07) is 20.2. The number of hydrogen-bond donors (Lipinski definition) is 0. The van der Waals surface area contributed by atoms with Crippen LogP contribution in [-0.4, -0.2) is 52.1 Å². The van der Waals surface area contributed by atoms with Crippen LogP contribution >= 0.6 is 0 Å². The van der Waals surface area contributed by atoms with E-state index in [0.717, 1.165) is 56.4 Å². The number of aryl methyl sites for hydroxylation is 4. The summed E-state index contributed by atoms with van der Waals surface area (Å²) in [4.78, 5) is 15.4. The number of aromatic nitrogens is 3. The van der Waals surface area contributed by atoms with E-state index in [0.29, 0.717) is 57.4 Å². The number of nitrogens with zero attached hydrogens (tertiary/aromatic N) is 4. The second-order valence-electron chi connectivity index (χ2n) is 11.1. The Balaban J connectivity index is 1.24. The highest BCUT2D eigenvalue weighted by atomic mass is 16.5. The molecule has 0 unspecified atom stereocenters. The smallest absolute Gasteiger partial charge is 0.289 e. The zero-order chi connectivity index (χ0) is 29.9. The van der Waals surface area contributed by atoms with Crippen LogP contribution in [0, 0.1) is 27.7 Å². The third kappa shape index (κ3) is 6.41. The molecular formula is C34H36N4O5. The summed E-state index contributed by atoms with van der Waals surface area (Å²) in [5, 5.41) is 8.63. The lowest BCUT2D eigenvalue weighted by molar-refractivity contribution is 0.0546. The average Bonchev–Trinajstić information content (AvgIpc) is 3.68. The van der Waals surface area contributed by atoms with Crippen molar-refractivity contribution in [2.45, 2.75) is 47.2 Å². The first kappa shape index (κ1) is 28.5. The Labute approximate surface area is 251 Å². The van der Waals surface area contributed by atoms with E-state index in [4.69, 9.17) is 18.4 Å². The maximum absolute atomic E-state index is 13.7. The number of hydrogen-bond acceptors (Lipinski definition) is 7. The van der Waals surface area contributed by atoms with E-state index < -0.39 is 0 Å². The van der Waals surface area contributed by atoms with Gasteiger partial charge in [0.15, 0.2) is 5.76 Å². The fraction of sp³-hybridized carbons (Fsp3) is 0.324. The molecule has 1 aliphatic rings. The van der Waals surface area contributed by atoms with Crippen LogP contribution < -0.4 is 4.74 Å². The number of rotatable bonds is 4. The average molecular weight is 581 g/mol. The van der Waals surface area contributed by atoms with Crippen LogP contribution in [-0.2, 0) is 24.2 Å². The van der Waals surface area contributed by atoms with Crippen molar-refractivity contribution >= 4 is 5.91 Å². The van der Waals surface area contributed by atoms with E-state index in [2.05, 4.69) is 28.5 Å². The molecule has 0 saturated heterocycles.